The Bertz CT molecular complexity index is 755. The number of fused-ring (bicyclic) bond motifs is 1. The van der Waals surface area contributed by atoms with Gasteiger partial charge in [0, 0.05) is 7.05 Å². The van der Waals surface area contributed by atoms with Crippen molar-refractivity contribution in [1.82, 2.24) is 14.8 Å². The highest BCUT2D eigenvalue weighted by molar-refractivity contribution is 7.18. The zero-order chi connectivity index (χ0) is 17.9. The second-order valence-electron chi connectivity index (χ2n) is 6.90. The first-order chi connectivity index (χ1) is 12.0. The van der Waals surface area contributed by atoms with Crippen molar-refractivity contribution in [3.8, 4) is 6.07 Å². The summed E-state index contributed by atoms with van der Waals surface area (Å²) in [5.41, 5.74) is 0.386. The van der Waals surface area contributed by atoms with E-state index in [1.807, 2.05) is 30.1 Å². The van der Waals surface area contributed by atoms with Crippen molar-refractivity contribution in [2.45, 2.75) is 44.2 Å². The largest absolute Gasteiger partial charge is 0.326 e. The number of hydrogen-bond donors (Lipinski definition) is 0. The number of likely N-dealkylation sites (N-methyl/N-ethyl adjacent to an activating group) is 2. The lowest BCUT2D eigenvalue weighted by Gasteiger charge is -2.39. The normalized spacial score (nSPS) is 16.7. The van der Waals surface area contributed by atoms with E-state index in [1.165, 1.54) is 4.70 Å². The van der Waals surface area contributed by atoms with Gasteiger partial charge in [0.2, 0.25) is 5.91 Å². The minimum atomic E-state index is -0.619. The fourth-order valence-corrected chi connectivity index (χ4v) is 4.56. The smallest absolute Gasteiger partial charge is 0.237 e. The van der Waals surface area contributed by atoms with Crippen LogP contribution in [0.1, 0.15) is 37.1 Å². The lowest BCUT2D eigenvalue weighted by atomic mass is 9.81. The van der Waals surface area contributed by atoms with E-state index in [4.69, 9.17) is 0 Å². The molecule has 25 heavy (non-hydrogen) atoms. The molecule has 1 heterocycles. The summed E-state index contributed by atoms with van der Waals surface area (Å²) in [4.78, 5) is 21.0. The molecule has 1 aliphatic carbocycles. The molecule has 3 rings (SSSR count). The standard InChI is InChI=1S/C19H24N4OS/c1-22(12-17-21-15-8-4-5-9-16(15)25-17)13-18(24)23(2)19(14-20)10-6-3-7-11-19/h4-5,8-9H,3,6-7,10-13H2,1-2H3. The van der Waals surface area contributed by atoms with E-state index in [-0.39, 0.29) is 5.91 Å². The monoisotopic (exact) mass is 356 g/mol. The number of amides is 1. The Balaban J connectivity index is 1.62. The number of carbonyl (C=O) groups excluding carboxylic acids is 1. The van der Waals surface area contributed by atoms with Gasteiger partial charge in [0.05, 0.1) is 29.4 Å². The van der Waals surface area contributed by atoms with Crippen LogP contribution in [0.3, 0.4) is 0 Å². The summed E-state index contributed by atoms with van der Waals surface area (Å²) in [7, 11) is 3.71. The van der Waals surface area contributed by atoms with Crippen LogP contribution in [-0.2, 0) is 11.3 Å². The molecule has 0 spiro atoms. The summed E-state index contributed by atoms with van der Waals surface area (Å²) in [5.74, 6) is 0.00654. The lowest BCUT2D eigenvalue weighted by molar-refractivity contribution is -0.135. The van der Waals surface area contributed by atoms with Crippen LogP contribution < -0.4 is 0 Å². The minimum Gasteiger partial charge on any atom is -0.326 e. The molecule has 0 saturated heterocycles. The number of benzene rings is 1. The molecule has 0 N–H and O–H groups in total. The summed E-state index contributed by atoms with van der Waals surface area (Å²) in [6.45, 7) is 0.939. The molecule has 0 bridgehead atoms. The number of nitrogens with zero attached hydrogens (tertiary/aromatic N) is 4. The Kier molecular flexibility index (Phi) is 5.36. The van der Waals surface area contributed by atoms with Crippen molar-refractivity contribution in [1.29, 1.82) is 5.26 Å². The Labute approximate surface area is 152 Å². The number of nitriles is 1. The third-order valence-electron chi connectivity index (χ3n) is 5.05. The topological polar surface area (TPSA) is 60.2 Å². The molecule has 1 aliphatic rings. The second-order valence-corrected chi connectivity index (χ2v) is 8.02. The van der Waals surface area contributed by atoms with E-state index in [2.05, 4.69) is 17.1 Å². The Morgan fingerprint density at radius 3 is 2.68 bits per heavy atom. The molecule has 1 fully saturated rings. The van der Waals surface area contributed by atoms with E-state index in [1.54, 1.807) is 23.3 Å². The highest BCUT2D eigenvalue weighted by Gasteiger charge is 2.38. The van der Waals surface area contributed by atoms with Crippen LogP contribution in [0.2, 0.25) is 0 Å². The van der Waals surface area contributed by atoms with Gasteiger partial charge in [-0.15, -0.1) is 11.3 Å². The SMILES string of the molecule is CN(CC(=O)N(C)C1(C#N)CCCCC1)Cc1nc2ccccc2s1. The van der Waals surface area contributed by atoms with E-state index in [9.17, 15) is 10.1 Å². The number of rotatable bonds is 5. The third kappa shape index (κ3) is 3.83. The van der Waals surface area contributed by atoms with Crippen LogP contribution in [0.15, 0.2) is 24.3 Å². The third-order valence-corrected chi connectivity index (χ3v) is 6.07. The molecular formula is C19H24N4OS. The molecule has 132 valence electrons. The van der Waals surface area contributed by atoms with Gasteiger partial charge in [-0.3, -0.25) is 9.69 Å². The van der Waals surface area contributed by atoms with Gasteiger partial charge in [-0.25, -0.2) is 4.98 Å². The first-order valence-electron chi connectivity index (χ1n) is 8.75. The van der Waals surface area contributed by atoms with Crippen molar-refractivity contribution in [2.75, 3.05) is 20.6 Å². The molecule has 6 heteroatoms. The van der Waals surface area contributed by atoms with Gasteiger partial charge in [0.25, 0.3) is 0 Å². The van der Waals surface area contributed by atoms with Gasteiger partial charge < -0.3 is 4.90 Å². The van der Waals surface area contributed by atoms with Gasteiger partial charge in [0.15, 0.2) is 0 Å². The van der Waals surface area contributed by atoms with Crippen molar-refractivity contribution in [3.63, 3.8) is 0 Å². The minimum absolute atomic E-state index is 0.00654. The van der Waals surface area contributed by atoms with Crippen molar-refractivity contribution in [2.24, 2.45) is 0 Å². The quantitative estimate of drug-likeness (QED) is 0.824. The second kappa shape index (κ2) is 7.51. The predicted molar refractivity (Wildman–Crippen MR) is 100 cm³/mol. The van der Waals surface area contributed by atoms with Gasteiger partial charge in [-0.05, 0) is 32.0 Å². The average Bonchev–Trinajstić information content (AvgIpc) is 3.03. The van der Waals surface area contributed by atoms with E-state index >= 15 is 0 Å². The maximum Gasteiger partial charge on any atom is 0.237 e. The number of thiazole rings is 1. The van der Waals surface area contributed by atoms with Crippen molar-refractivity contribution in [3.05, 3.63) is 29.3 Å². The summed E-state index contributed by atoms with van der Waals surface area (Å²) < 4.78 is 1.17. The van der Waals surface area contributed by atoms with Crippen LogP contribution in [0, 0.1) is 11.3 Å². The van der Waals surface area contributed by atoms with E-state index < -0.39 is 5.54 Å². The maximum absolute atomic E-state index is 12.7. The lowest BCUT2D eigenvalue weighted by Crippen LogP contribution is -2.52. The molecule has 5 nitrogen and oxygen atoms in total. The molecule has 1 amide bonds. The Morgan fingerprint density at radius 2 is 2.00 bits per heavy atom. The Morgan fingerprint density at radius 1 is 1.28 bits per heavy atom. The highest BCUT2D eigenvalue weighted by Crippen LogP contribution is 2.32. The molecule has 1 saturated carbocycles. The molecule has 0 atom stereocenters. The highest BCUT2D eigenvalue weighted by atomic mass is 32.1. The molecule has 0 unspecified atom stereocenters. The molecule has 0 radical (unpaired) electrons. The van der Waals surface area contributed by atoms with Crippen LogP contribution in [-0.4, -0.2) is 46.9 Å². The molecule has 1 aromatic carbocycles. The summed E-state index contributed by atoms with van der Waals surface area (Å²) in [5, 5.41) is 10.7. The van der Waals surface area contributed by atoms with Gasteiger partial charge in [-0.2, -0.15) is 5.26 Å². The summed E-state index contributed by atoms with van der Waals surface area (Å²) in [6, 6.07) is 10.5. The first-order valence-corrected chi connectivity index (χ1v) is 9.57. The predicted octanol–water partition coefficient (Wildman–Crippen LogP) is 3.41. The van der Waals surface area contributed by atoms with Crippen molar-refractivity contribution < 1.29 is 4.79 Å². The average molecular weight is 356 g/mol. The number of aromatic nitrogens is 1. The Hall–Kier alpha value is -1.97. The van der Waals surface area contributed by atoms with E-state index in [0.29, 0.717) is 13.1 Å². The first kappa shape index (κ1) is 17.8. The van der Waals surface area contributed by atoms with Gasteiger partial charge in [0.1, 0.15) is 10.5 Å². The maximum atomic E-state index is 12.7. The van der Waals surface area contributed by atoms with Gasteiger partial charge in [-0.1, -0.05) is 31.4 Å². The van der Waals surface area contributed by atoms with Crippen LogP contribution in [0.4, 0.5) is 0 Å². The van der Waals surface area contributed by atoms with Crippen LogP contribution in [0.5, 0.6) is 0 Å². The molecular weight excluding hydrogens is 332 g/mol. The number of hydrogen-bond acceptors (Lipinski definition) is 5. The number of para-hydroxylation sites is 1. The van der Waals surface area contributed by atoms with Crippen LogP contribution in [0.25, 0.3) is 10.2 Å². The molecule has 2 aromatic rings. The summed E-state index contributed by atoms with van der Waals surface area (Å²) >= 11 is 1.66. The fraction of sp³-hybridized carbons (Fsp3) is 0.526. The number of carbonyl (C=O) groups is 1. The zero-order valence-corrected chi connectivity index (χ0v) is 15.7. The fourth-order valence-electron chi connectivity index (χ4n) is 3.51. The van der Waals surface area contributed by atoms with E-state index in [0.717, 1.165) is 42.6 Å². The molecule has 1 aromatic heterocycles. The zero-order valence-electron chi connectivity index (χ0n) is 14.9. The van der Waals surface area contributed by atoms with Crippen LogP contribution >= 0.6 is 11.3 Å². The van der Waals surface area contributed by atoms with Crippen molar-refractivity contribution >= 4 is 27.5 Å². The molecule has 0 aliphatic heterocycles. The summed E-state index contributed by atoms with van der Waals surface area (Å²) in [6.07, 6.45) is 4.77. The van der Waals surface area contributed by atoms with Gasteiger partial charge >= 0.3 is 0 Å².